The second kappa shape index (κ2) is 7.89. The molecule has 32 heavy (non-hydrogen) atoms. The zero-order valence-electron chi connectivity index (χ0n) is 17.3. The molecule has 4 rings (SSSR count). The van der Waals surface area contributed by atoms with Crippen LogP contribution in [-0.2, 0) is 27.5 Å². The number of para-hydroxylation sites is 2. The number of hydrogen-bond donors (Lipinski definition) is 0. The van der Waals surface area contributed by atoms with Gasteiger partial charge in [0.1, 0.15) is 17.1 Å². The number of carbonyl (C=O) groups excluding carboxylic acids is 1. The Bertz CT molecular complexity index is 1250. The number of nitrogens with zero attached hydrogens (tertiary/aromatic N) is 5. The van der Waals surface area contributed by atoms with E-state index in [1.807, 2.05) is 0 Å². The molecule has 0 atom stereocenters. The predicted octanol–water partition coefficient (Wildman–Crippen LogP) is 2.19. The van der Waals surface area contributed by atoms with E-state index in [1.165, 1.54) is 35.2 Å². The first-order valence-electron chi connectivity index (χ1n) is 9.73. The summed E-state index contributed by atoms with van der Waals surface area (Å²) in [6.45, 7) is 2.60. The van der Waals surface area contributed by atoms with Gasteiger partial charge in [0, 0.05) is 26.2 Å². The van der Waals surface area contributed by atoms with E-state index in [9.17, 15) is 26.4 Å². The topological polar surface area (TPSA) is 102 Å². The number of amides is 1. The molecule has 3 aromatic rings. The standard InChI is InChI=1S/C19H20F3N5O4S/c1-12-17(13(2)31-24-12)32(29,30)26-9-7-25(8-10-26)16(28)11-27-15-6-4-3-5-14(15)23-18(27)19(20,21)22/h3-6H,7-11H2,1-2H3. The molecule has 0 bridgehead atoms. The van der Waals surface area contributed by atoms with Crippen LogP contribution in [0.2, 0.25) is 0 Å². The van der Waals surface area contributed by atoms with E-state index in [-0.39, 0.29) is 53.6 Å². The maximum atomic E-state index is 13.5. The Morgan fingerprint density at radius 1 is 1.12 bits per heavy atom. The highest BCUT2D eigenvalue weighted by Crippen LogP contribution is 2.31. The van der Waals surface area contributed by atoms with Crippen LogP contribution >= 0.6 is 0 Å². The molecule has 3 heterocycles. The Morgan fingerprint density at radius 3 is 2.38 bits per heavy atom. The van der Waals surface area contributed by atoms with Gasteiger partial charge >= 0.3 is 6.18 Å². The Kier molecular flexibility index (Phi) is 5.49. The van der Waals surface area contributed by atoms with E-state index in [2.05, 4.69) is 10.1 Å². The van der Waals surface area contributed by atoms with Crippen molar-refractivity contribution in [2.45, 2.75) is 31.5 Å². The quantitative estimate of drug-likeness (QED) is 0.578. The molecule has 0 aliphatic carbocycles. The van der Waals surface area contributed by atoms with Gasteiger partial charge in [-0.3, -0.25) is 4.79 Å². The molecular weight excluding hydrogens is 451 g/mol. The van der Waals surface area contributed by atoms with E-state index in [0.29, 0.717) is 0 Å². The summed E-state index contributed by atoms with van der Waals surface area (Å²) in [6, 6.07) is 6.06. The first-order valence-corrected chi connectivity index (χ1v) is 11.2. The molecule has 0 unspecified atom stereocenters. The third kappa shape index (κ3) is 3.86. The summed E-state index contributed by atoms with van der Waals surface area (Å²) in [7, 11) is -3.86. The van der Waals surface area contributed by atoms with Gasteiger partial charge in [0.25, 0.3) is 0 Å². The van der Waals surface area contributed by atoms with Gasteiger partial charge in [0.2, 0.25) is 21.8 Å². The Labute approximate surface area is 181 Å². The molecule has 1 saturated heterocycles. The van der Waals surface area contributed by atoms with Crippen LogP contribution in [0, 0.1) is 13.8 Å². The van der Waals surface area contributed by atoms with Crippen molar-refractivity contribution in [2.24, 2.45) is 0 Å². The zero-order valence-corrected chi connectivity index (χ0v) is 18.1. The van der Waals surface area contributed by atoms with Gasteiger partial charge < -0.3 is 14.0 Å². The number of piperazine rings is 1. The van der Waals surface area contributed by atoms with Crippen LogP contribution in [0.25, 0.3) is 11.0 Å². The second-order valence-electron chi connectivity index (χ2n) is 7.45. The minimum Gasteiger partial charge on any atom is -0.360 e. The van der Waals surface area contributed by atoms with Crippen molar-refractivity contribution < 1.29 is 30.9 Å². The Morgan fingerprint density at radius 2 is 1.78 bits per heavy atom. The summed E-state index contributed by atoms with van der Waals surface area (Å²) in [5, 5.41) is 3.67. The third-order valence-corrected chi connectivity index (χ3v) is 7.50. The second-order valence-corrected chi connectivity index (χ2v) is 9.32. The fourth-order valence-electron chi connectivity index (χ4n) is 3.84. The van der Waals surface area contributed by atoms with Gasteiger partial charge in [0.05, 0.1) is 11.0 Å². The number of halogens is 3. The fraction of sp³-hybridized carbons (Fsp3) is 0.421. The molecular formula is C19H20F3N5O4S. The van der Waals surface area contributed by atoms with Gasteiger partial charge in [-0.15, -0.1) is 0 Å². The van der Waals surface area contributed by atoms with E-state index in [0.717, 1.165) is 4.57 Å². The molecule has 0 N–H and O–H groups in total. The van der Waals surface area contributed by atoms with Crippen molar-refractivity contribution in [1.29, 1.82) is 0 Å². The predicted molar refractivity (Wildman–Crippen MR) is 106 cm³/mol. The molecule has 1 amide bonds. The summed E-state index contributed by atoms with van der Waals surface area (Å²) in [5.41, 5.74) is 0.587. The summed E-state index contributed by atoms with van der Waals surface area (Å²) in [4.78, 5) is 17.8. The number of carbonyl (C=O) groups is 1. The van der Waals surface area contributed by atoms with Crippen LogP contribution in [0.1, 0.15) is 17.3 Å². The van der Waals surface area contributed by atoms with Crippen LogP contribution in [0.4, 0.5) is 13.2 Å². The molecule has 1 aliphatic heterocycles. The molecule has 2 aromatic heterocycles. The molecule has 1 aromatic carbocycles. The molecule has 172 valence electrons. The Hall–Kier alpha value is -2.93. The number of sulfonamides is 1. The lowest BCUT2D eigenvalue weighted by Crippen LogP contribution is -2.51. The number of alkyl halides is 3. The van der Waals surface area contributed by atoms with Gasteiger partial charge in [-0.05, 0) is 26.0 Å². The largest absolute Gasteiger partial charge is 0.449 e. The normalized spacial score (nSPS) is 16.1. The van der Waals surface area contributed by atoms with Gasteiger partial charge in [-0.1, -0.05) is 17.3 Å². The molecule has 0 radical (unpaired) electrons. The SMILES string of the molecule is Cc1noc(C)c1S(=O)(=O)N1CCN(C(=O)Cn2c(C(F)(F)F)nc3ccccc32)CC1. The van der Waals surface area contributed by atoms with E-state index < -0.39 is 34.5 Å². The number of aryl methyl sites for hydroxylation is 2. The zero-order chi connectivity index (χ0) is 23.3. The summed E-state index contributed by atoms with van der Waals surface area (Å²) in [5.74, 6) is -1.52. The van der Waals surface area contributed by atoms with E-state index in [1.54, 1.807) is 12.1 Å². The van der Waals surface area contributed by atoms with Crippen molar-refractivity contribution in [3.05, 3.63) is 41.5 Å². The van der Waals surface area contributed by atoms with E-state index in [4.69, 9.17) is 4.52 Å². The smallest absolute Gasteiger partial charge is 0.360 e. The van der Waals surface area contributed by atoms with Crippen LogP contribution in [-0.4, -0.2) is 64.4 Å². The van der Waals surface area contributed by atoms with Gasteiger partial charge in [0.15, 0.2) is 5.76 Å². The average molecular weight is 471 g/mol. The van der Waals surface area contributed by atoms with Crippen LogP contribution in [0.5, 0.6) is 0 Å². The number of hydrogen-bond acceptors (Lipinski definition) is 6. The van der Waals surface area contributed by atoms with Crippen LogP contribution in [0.15, 0.2) is 33.7 Å². The number of benzene rings is 1. The minimum atomic E-state index is -4.72. The van der Waals surface area contributed by atoms with Crippen LogP contribution < -0.4 is 0 Å². The monoisotopic (exact) mass is 471 g/mol. The highest BCUT2D eigenvalue weighted by molar-refractivity contribution is 7.89. The van der Waals surface area contributed by atoms with Crippen molar-refractivity contribution in [3.63, 3.8) is 0 Å². The molecule has 13 heteroatoms. The highest BCUT2D eigenvalue weighted by Gasteiger charge is 2.39. The lowest BCUT2D eigenvalue weighted by Gasteiger charge is -2.34. The molecule has 0 spiro atoms. The van der Waals surface area contributed by atoms with Crippen molar-refractivity contribution >= 4 is 27.0 Å². The first-order chi connectivity index (χ1) is 15.0. The summed E-state index contributed by atoms with van der Waals surface area (Å²) < 4.78 is 73.2. The van der Waals surface area contributed by atoms with Crippen molar-refractivity contribution in [1.82, 2.24) is 23.9 Å². The number of aromatic nitrogens is 3. The Balaban J connectivity index is 1.51. The lowest BCUT2D eigenvalue weighted by atomic mass is 10.3. The molecule has 1 aliphatic rings. The number of fused-ring (bicyclic) bond motifs is 1. The van der Waals surface area contributed by atoms with Crippen LogP contribution in [0.3, 0.4) is 0 Å². The minimum absolute atomic E-state index is 0.00280. The van der Waals surface area contributed by atoms with Crippen molar-refractivity contribution in [2.75, 3.05) is 26.2 Å². The maximum Gasteiger partial charge on any atom is 0.449 e. The molecule has 0 saturated carbocycles. The summed E-state index contributed by atoms with van der Waals surface area (Å²) >= 11 is 0. The summed E-state index contributed by atoms with van der Waals surface area (Å²) in [6.07, 6.45) is -4.72. The van der Waals surface area contributed by atoms with E-state index >= 15 is 0 Å². The van der Waals surface area contributed by atoms with Gasteiger partial charge in [-0.25, -0.2) is 13.4 Å². The average Bonchev–Trinajstić information content (AvgIpc) is 3.28. The van der Waals surface area contributed by atoms with Crippen molar-refractivity contribution in [3.8, 4) is 0 Å². The fourth-order valence-corrected chi connectivity index (χ4v) is 5.55. The third-order valence-electron chi connectivity index (χ3n) is 5.36. The first kappa shape index (κ1) is 22.3. The number of imidazole rings is 1. The molecule has 1 fully saturated rings. The molecule has 9 nitrogen and oxygen atoms in total. The lowest BCUT2D eigenvalue weighted by molar-refractivity contribution is -0.148. The van der Waals surface area contributed by atoms with Gasteiger partial charge in [-0.2, -0.15) is 17.5 Å². The maximum absolute atomic E-state index is 13.5. The number of rotatable bonds is 4. The highest BCUT2D eigenvalue weighted by atomic mass is 32.2.